The minimum Gasteiger partial charge on any atom is -0.353 e. The van der Waals surface area contributed by atoms with E-state index in [1.54, 1.807) is 0 Å². The number of aryl methyl sites for hydroxylation is 1. The second-order valence-electron chi connectivity index (χ2n) is 4.95. The number of carbonyl (C=O) groups excluding carboxylic acids is 1. The van der Waals surface area contributed by atoms with E-state index >= 15 is 0 Å². The van der Waals surface area contributed by atoms with Gasteiger partial charge >= 0.3 is 0 Å². The lowest BCUT2D eigenvalue weighted by atomic mass is 10.0. The van der Waals surface area contributed by atoms with E-state index in [9.17, 15) is 4.79 Å². The van der Waals surface area contributed by atoms with Gasteiger partial charge in [-0.15, -0.1) is 0 Å². The number of amides is 1. The molecule has 2 heteroatoms. The lowest BCUT2D eigenvalue weighted by molar-refractivity contribution is -0.121. The minimum absolute atomic E-state index is 0.107. The fourth-order valence-corrected chi connectivity index (χ4v) is 1.55. The molecule has 1 rings (SSSR count). The number of rotatable bonds is 5. The Morgan fingerprint density at radius 2 is 1.65 bits per heavy atom. The van der Waals surface area contributed by atoms with E-state index in [2.05, 4.69) is 38.2 Å². The monoisotopic (exact) mass is 233 g/mol. The van der Waals surface area contributed by atoms with Crippen LogP contribution >= 0.6 is 0 Å². The maximum Gasteiger partial charge on any atom is 0.224 e. The molecule has 0 aliphatic rings. The van der Waals surface area contributed by atoms with Crippen molar-refractivity contribution in [1.29, 1.82) is 0 Å². The van der Waals surface area contributed by atoms with Crippen molar-refractivity contribution in [2.45, 2.75) is 46.6 Å². The van der Waals surface area contributed by atoms with Gasteiger partial charge in [0.15, 0.2) is 0 Å². The van der Waals surface area contributed by atoms with E-state index in [1.807, 2.05) is 19.1 Å². The topological polar surface area (TPSA) is 29.1 Å². The summed E-state index contributed by atoms with van der Waals surface area (Å²) in [7, 11) is 0. The molecule has 0 unspecified atom stereocenters. The molecule has 0 radical (unpaired) electrons. The third kappa shape index (κ3) is 4.59. The Hall–Kier alpha value is -1.31. The number of hydrogen-bond acceptors (Lipinski definition) is 1. The Morgan fingerprint density at radius 1 is 1.12 bits per heavy atom. The first kappa shape index (κ1) is 13.8. The van der Waals surface area contributed by atoms with Crippen LogP contribution < -0.4 is 5.32 Å². The van der Waals surface area contributed by atoms with Gasteiger partial charge in [0.1, 0.15) is 0 Å². The highest BCUT2D eigenvalue weighted by molar-refractivity contribution is 5.78. The molecule has 17 heavy (non-hydrogen) atoms. The standard InChI is InChI=1S/C15H23NO/c1-5-13-6-8-14(9-7-13)10-15(17)16-12(4)11(2)3/h6-9,11-12H,5,10H2,1-4H3,(H,16,17)/t12-/m0/s1. The van der Waals surface area contributed by atoms with Gasteiger partial charge in [0, 0.05) is 6.04 Å². The molecule has 0 bridgehead atoms. The van der Waals surface area contributed by atoms with Crippen molar-refractivity contribution in [3.8, 4) is 0 Å². The summed E-state index contributed by atoms with van der Waals surface area (Å²) in [4.78, 5) is 11.8. The SMILES string of the molecule is CCc1ccc(CC(=O)N[C@@H](C)C(C)C)cc1. The van der Waals surface area contributed by atoms with Crippen molar-refractivity contribution in [2.75, 3.05) is 0 Å². The van der Waals surface area contributed by atoms with Crippen molar-refractivity contribution in [1.82, 2.24) is 5.32 Å². The first-order valence-corrected chi connectivity index (χ1v) is 6.40. The Labute approximate surface area is 104 Å². The van der Waals surface area contributed by atoms with Crippen LogP contribution in [0.5, 0.6) is 0 Å². The van der Waals surface area contributed by atoms with E-state index in [4.69, 9.17) is 0 Å². The lowest BCUT2D eigenvalue weighted by Gasteiger charge is -2.17. The molecule has 1 aromatic rings. The predicted octanol–water partition coefficient (Wildman–Crippen LogP) is 2.95. The number of nitrogens with one attached hydrogen (secondary N) is 1. The summed E-state index contributed by atoms with van der Waals surface area (Å²) in [6.45, 7) is 8.40. The highest BCUT2D eigenvalue weighted by Crippen LogP contribution is 2.06. The zero-order chi connectivity index (χ0) is 12.8. The van der Waals surface area contributed by atoms with Crippen LogP contribution in [0.2, 0.25) is 0 Å². The molecule has 94 valence electrons. The fourth-order valence-electron chi connectivity index (χ4n) is 1.55. The quantitative estimate of drug-likeness (QED) is 0.832. The Balaban J connectivity index is 2.50. The second-order valence-corrected chi connectivity index (χ2v) is 4.95. The molecule has 1 amide bonds. The third-order valence-corrected chi connectivity index (χ3v) is 3.18. The maximum atomic E-state index is 11.8. The molecule has 0 heterocycles. The lowest BCUT2D eigenvalue weighted by Crippen LogP contribution is -2.37. The van der Waals surface area contributed by atoms with E-state index in [1.165, 1.54) is 5.56 Å². The molecule has 1 aromatic carbocycles. The van der Waals surface area contributed by atoms with Crippen LogP contribution in [0.3, 0.4) is 0 Å². The number of benzene rings is 1. The molecule has 0 saturated heterocycles. The largest absolute Gasteiger partial charge is 0.353 e. The van der Waals surface area contributed by atoms with Crippen molar-refractivity contribution in [3.05, 3.63) is 35.4 Å². The summed E-state index contributed by atoms with van der Waals surface area (Å²) in [6.07, 6.45) is 1.51. The number of carbonyl (C=O) groups is 1. The normalized spacial score (nSPS) is 12.5. The molecule has 0 spiro atoms. The summed E-state index contributed by atoms with van der Waals surface area (Å²) >= 11 is 0. The van der Waals surface area contributed by atoms with E-state index < -0.39 is 0 Å². The Bertz CT molecular complexity index is 354. The molecular formula is C15H23NO. The van der Waals surface area contributed by atoms with Crippen LogP contribution in [0.15, 0.2) is 24.3 Å². The summed E-state index contributed by atoms with van der Waals surface area (Å²) in [5.41, 5.74) is 2.39. The van der Waals surface area contributed by atoms with Crippen molar-refractivity contribution >= 4 is 5.91 Å². The van der Waals surface area contributed by atoms with Crippen molar-refractivity contribution in [3.63, 3.8) is 0 Å². The van der Waals surface area contributed by atoms with Crippen molar-refractivity contribution < 1.29 is 4.79 Å². The highest BCUT2D eigenvalue weighted by Gasteiger charge is 2.10. The van der Waals surface area contributed by atoms with Gasteiger partial charge in [0.2, 0.25) is 5.91 Å². The summed E-state index contributed by atoms with van der Waals surface area (Å²) < 4.78 is 0. The maximum absolute atomic E-state index is 11.8. The van der Waals surface area contributed by atoms with Gasteiger partial charge in [-0.2, -0.15) is 0 Å². The average Bonchev–Trinajstić information content (AvgIpc) is 2.29. The Kier molecular flexibility index (Phi) is 5.20. The highest BCUT2D eigenvalue weighted by atomic mass is 16.1. The van der Waals surface area contributed by atoms with Gasteiger partial charge in [-0.3, -0.25) is 4.79 Å². The van der Waals surface area contributed by atoms with Gasteiger partial charge in [-0.05, 0) is 30.4 Å². The van der Waals surface area contributed by atoms with E-state index in [0.717, 1.165) is 12.0 Å². The molecule has 1 atom stereocenters. The zero-order valence-electron chi connectivity index (χ0n) is 11.3. The zero-order valence-corrected chi connectivity index (χ0v) is 11.3. The Morgan fingerprint density at radius 3 is 2.12 bits per heavy atom. The number of hydrogen-bond donors (Lipinski definition) is 1. The molecule has 0 fully saturated rings. The smallest absolute Gasteiger partial charge is 0.224 e. The van der Waals surface area contributed by atoms with Crippen LogP contribution in [0.25, 0.3) is 0 Å². The van der Waals surface area contributed by atoms with Gasteiger partial charge in [-0.25, -0.2) is 0 Å². The van der Waals surface area contributed by atoms with Crippen LogP contribution in [0.1, 0.15) is 38.8 Å². The van der Waals surface area contributed by atoms with Gasteiger partial charge < -0.3 is 5.32 Å². The summed E-state index contributed by atoms with van der Waals surface area (Å²) in [5, 5.41) is 3.02. The van der Waals surface area contributed by atoms with E-state index in [-0.39, 0.29) is 11.9 Å². The fraction of sp³-hybridized carbons (Fsp3) is 0.533. The van der Waals surface area contributed by atoms with Crippen LogP contribution in [0.4, 0.5) is 0 Å². The van der Waals surface area contributed by atoms with Crippen LogP contribution in [-0.4, -0.2) is 11.9 Å². The molecule has 2 nitrogen and oxygen atoms in total. The van der Waals surface area contributed by atoms with Crippen LogP contribution in [-0.2, 0) is 17.6 Å². The molecule has 0 aliphatic heterocycles. The summed E-state index contributed by atoms with van der Waals surface area (Å²) in [6, 6.07) is 8.50. The second kappa shape index (κ2) is 6.43. The third-order valence-electron chi connectivity index (χ3n) is 3.18. The van der Waals surface area contributed by atoms with Gasteiger partial charge in [0.05, 0.1) is 6.42 Å². The molecular weight excluding hydrogens is 210 g/mol. The molecule has 0 saturated carbocycles. The molecule has 0 aromatic heterocycles. The summed E-state index contributed by atoms with van der Waals surface area (Å²) in [5.74, 6) is 0.580. The van der Waals surface area contributed by atoms with E-state index in [0.29, 0.717) is 12.3 Å². The molecule has 0 aliphatic carbocycles. The van der Waals surface area contributed by atoms with Gasteiger partial charge in [0.25, 0.3) is 0 Å². The minimum atomic E-state index is 0.107. The van der Waals surface area contributed by atoms with Crippen LogP contribution in [0, 0.1) is 5.92 Å². The first-order chi connectivity index (χ1) is 8.02. The first-order valence-electron chi connectivity index (χ1n) is 6.40. The van der Waals surface area contributed by atoms with Crippen molar-refractivity contribution in [2.24, 2.45) is 5.92 Å². The van der Waals surface area contributed by atoms with Gasteiger partial charge in [-0.1, -0.05) is 45.0 Å². The predicted molar refractivity (Wildman–Crippen MR) is 72.0 cm³/mol. The average molecular weight is 233 g/mol. The molecule has 1 N–H and O–H groups in total.